The molecule has 0 unspecified atom stereocenters. The Morgan fingerprint density at radius 1 is 1.32 bits per heavy atom. The highest BCUT2D eigenvalue weighted by Gasteiger charge is 2.26. The number of hydrogen-bond donors (Lipinski definition) is 1. The molecule has 0 atom stereocenters. The van der Waals surface area contributed by atoms with Crippen molar-refractivity contribution in [2.24, 2.45) is 5.41 Å². The van der Waals surface area contributed by atoms with Crippen LogP contribution in [0.3, 0.4) is 0 Å². The lowest BCUT2D eigenvalue weighted by Crippen LogP contribution is -2.32. The Morgan fingerprint density at radius 3 is 2.79 bits per heavy atom. The number of nitrogens with two attached hydrogens (primary N) is 1. The normalized spacial score (nSPS) is 19.0. The highest BCUT2D eigenvalue weighted by molar-refractivity contribution is 6.34. The van der Waals surface area contributed by atoms with Crippen LogP contribution in [0.25, 0.3) is 0 Å². The van der Waals surface area contributed by atoms with Gasteiger partial charge >= 0.3 is 0 Å². The number of rotatable bonds is 1. The van der Waals surface area contributed by atoms with Gasteiger partial charge in [0, 0.05) is 18.8 Å². The Balaban J connectivity index is 2.17. The molecule has 104 valence electrons. The summed E-state index contributed by atoms with van der Waals surface area (Å²) >= 11 is 6.10. The lowest BCUT2D eigenvalue weighted by Gasteiger charge is -2.23. The third kappa shape index (κ3) is 3.41. The maximum Gasteiger partial charge on any atom is 0.255 e. The zero-order valence-electron chi connectivity index (χ0n) is 11.6. The van der Waals surface area contributed by atoms with E-state index in [1.807, 2.05) is 4.90 Å². The molecule has 0 radical (unpaired) electrons. The average molecular weight is 281 g/mol. The predicted molar refractivity (Wildman–Crippen MR) is 79.4 cm³/mol. The first-order valence-corrected chi connectivity index (χ1v) is 7.11. The number of nitrogen functional groups attached to an aromatic ring is 1. The maximum absolute atomic E-state index is 12.5. The van der Waals surface area contributed by atoms with Crippen LogP contribution in [0.5, 0.6) is 0 Å². The molecule has 1 amide bonds. The Morgan fingerprint density at radius 2 is 2.05 bits per heavy atom. The Hall–Kier alpha value is -1.22. The summed E-state index contributed by atoms with van der Waals surface area (Å²) in [5, 5.41) is 0.475. The molecular formula is C15H21ClN2O. The fourth-order valence-electron chi connectivity index (χ4n) is 2.50. The van der Waals surface area contributed by atoms with Crippen molar-refractivity contribution in [1.29, 1.82) is 0 Å². The first kappa shape index (κ1) is 14.2. The van der Waals surface area contributed by atoms with Crippen molar-refractivity contribution in [3.8, 4) is 0 Å². The molecule has 4 heteroatoms. The van der Waals surface area contributed by atoms with Gasteiger partial charge in [-0.05, 0) is 42.9 Å². The third-order valence-electron chi connectivity index (χ3n) is 3.85. The molecule has 2 rings (SSSR count). The van der Waals surface area contributed by atoms with Gasteiger partial charge < -0.3 is 10.6 Å². The number of likely N-dealkylation sites (tertiary alicyclic amines) is 1. The smallest absolute Gasteiger partial charge is 0.255 e. The van der Waals surface area contributed by atoms with Crippen LogP contribution in [-0.4, -0.2) is 23.9 Å². The van der Waals surface area contributed by atoms with Gasteiger partial charge in [0.1, 0.15) is 0 Å². The average Bonchev–Trinajstić information content (AvgIpc) is 2.52. The molecule has 1 aromatic rings. The molecule has 1 aromatic carbocycles. The van der Waals surface area contributed by atoms with Gasteiger partial charge in [0.2, 0.25) is 0 Å². The number of halogens is 1. The minimum atomic E-state index is -0.00463. The van der Waals surface area contributed by atoms with Crippen LogP contribution in [0, 0.1) is 5.41 Å². The fraction of sp³-hybridized carbons (Fsp3) is 0.533. The van der Waals surface area contributed by atoms with E-state index in [1.165, 1.54) is 0 Å². The summed E-state index contributed by atoms with van der Waals surface area (Å²) in [6, 6.07) is 5.07. The van der Waals surface area contributed by atoms with Gasteiger partial charge in [0.05, 0.1) is 10.6 Å². The van der Waals surface area contributed by atoms with Crippen LogP contribution in [0.4, 0.5) is 5.69 Å². The van der Waals surface area contributed by atoms with E-state index in [0.29, 0.717) is 21.7 Å². The lowest BCUT2D eigenvalue weighted by molar-refractivity contribution is 0.0757. The van der Waals surface area contributed by atoms with Crippen LogP contribution < -0.4 is 5.73 Å². The van der Waals surface area contributed by atoms with Crippen LogP contribution in [0.2, 0.25) is 5.02 Å². The van der Waals surface area contributed by atoms with Crippen molar-refractivity contribution >= 4 is 23.2 Å². The highest BCUT2D eigenvalue weighted by atomic mass is 35.5. The molecule has 0 saturated carbocycles. The number of carbonyl (C=O) groups is 1. The lowest BCUT2D eigenvalue weighted by atomic mass is 9.85. The van der Waals surface area contributed by atoms with Gasteiger partial charge in [-0.3, -0.25) is 4.79 Å². The molecule has 0 spiro atoms. The molecule has 2 N–H and O–H groups in total. The second kappa shape index (κ2) is 5.41. The van der Waals surface area contributed by atoms with E-state index in [-0.39, 0.29) is 5.91 Å². The summed E-state index contributed by atoms with van der Waals surface area (Å²) in [7, 11) is 0. The van der Waals surface area contributed by atoms with Crippen molar-refractivity contribution < 1.29 is 4.79 Å². The zero-order valence-corrected chi connectivity index (χ0v) is 12.3. The first-order chi connectivity index (χ1) is 8.89. The summed E-state index contributed by atoms with van der Waals surface area (Å²) in [6.45, 7) is 6.10. The van der Waals surface area contributed by atoms with Crippen molar-refractivity contribution in [2.75, 3.05) is 18.8 Å². The third-order valence-corrected chi connectivity index (χ3v) is 4.18. The minimum Gasteiger partial charge on any atom is -0.399 e. The second-order valence-corrected chi connectivity index (χ2v) is 6.46. The van der Waals surface area contributed by atoms with Crippen molar-refractivity contribution in [2.45, 2.75) is 33.1 Å². The molecular weight excluding hydrogens is 260 g/mol. The van der Waals surface area contributed by atoms with Gasteiger partial charge in [-0.1, -0.05) is 25.4 Å². The van der Waals surface area contributed by atoms with Gasteiger partial charge in [-0.15, -0.1) is 0 Å². The fourth-order valence-corrected chi connectivity index (χ4v) is 2.70. The van der Waals surface area contributed by atoms with Gasteiger partial charge in [0.25, 0.3) is 5.91 Å². The standard InChI is InChI=1S/C15H21ClN2O/c1-15(2)6-3-8-18(9-7-15)14(19)12-10-11(17)4-5-13(12)16/h4-5,10H,3,6-9,17H2,1-2H3. The maximum atomic E-state index is 12.5. The molecule has 3 nitrogen and oxygen atoms in total. The Bertz CT molecular complexity index is 485. The number of amides is 1. The largest absolute Gasteiger partial charge is 0.399 e. The highest BCUT2D eigenvalue weighted by Crippen LogP contribution is 2.31. The van der Waals surface area contributed by atoms with E-state index < -0.39 is 0 Å². The Labute approximate surface area is 119 Å². The summed E-state index contributed by atoms with van der Waals surface area (Å²) in [6.07, 6.45) is 3.22. The van der Waals surface area contributed by atoms with Crippen LogP contribution in [0.1, 0.15) is 43.5 Å². The van der Waals surface area contributed by atoms with E-state index in [2.05, 4.69) is 13.8 Å². The van der Waals surface area contributed by atoms with Gasteiger partial charge in [0.15, 0.2) is 0 Å². The molecule has 1 aliphatic heterocycles. The number of benzene rings is 1. The molecule has 1 aliphatic rings. The molecule has 1 saturated heterocycles. The van der Waals surface area contributed by atoms with Gasteiger partial charge in [-0.2, -0.15) is 0 Å². The summed E-state index contributed by atoms with van der Waals surface area (Å²) in [5.74, 6) is -0.00463. The van der Waals surface area contributed by atoms with E-state index in [4.69, 9.17) is 17.3 Å². The van der Waals surface area contributed by atoms with Crippen LogP contribution >= 0.6 is 11.6 Å². The minimum absolute atomic E-state index is 0.00463. The molecule has 0 aliphatic carbocycles. The Kier molecular flexibility index (Phi) is 4.04. The van der Waals surface area contributed by atoms with Crippen molar-refractivity contribution in [1.82, 2.24) is 4.90 Å². The van der Waals surface area contributed by atoms with E-state index in [1.54, 1.807) is 18.2 Å². The molecule has 1 heterocycles. The van der Waals surface area contributed by atoms with E-state index in [9.17, 15) is 4.79 Å². The molecule has 1 fully saturated rings. The summed E-state index contributed by atoms with van der Waals surface area (Å²) < 4.78 is 0. The molecule has 0 bridgehead atoms. The molecule has 0 aromatic heterocycles. The van der Waals surface area contributed by atoms with E-state index >= 15 is 0 Å². The van der Waals surface area contributed by atoms with Crippen LogP contribution in [0.15, 0.2) is 18.2 Å². The number of nitrogens with zero attached hydrogens (tertiary/aromatic N) is 1. The van der Waals surface area contributed by atoms with Crippen molar-refractivity contribution in [3.63, 3.8) is 0 Å². The number of carbonyl (C=O) groups excluding carboxylic acids is 1. The van der Waals surface area contributed by atoms with E-state index in [0.717, 1.165) is 32.4 Å². The topological polar surface area (TPSA) is 46.3 Å². The number of anilines is 1. The number of hydrogen-bond acceptors (Lipinski definition) is 2. The monoisotopic (exact) mass is 280 g/mol. The predicted octanol–water partition coefficient (Wildman–Crippen LogP) is 3.57. The first-order valence-electron chi connectivity index (χ1n) is 6.73. The zero-order chi connectivity index (χ0) is 14.0. The second-order valence-electron chi connectivity index (χ2n) is 6.05. The van der Waals surface area contributed by atoms with Crippen LogP contribution in [-0.2, 0) is 0 Å². The SMILES string of the molecule is CC1(C)CCCN(C(=O)c2cc(N)ccc2Cl)CC1. The quantitative estimate of drug-likeness (QED) is 0.799. The molecule has 19 heavy (non-hydrogen) atoms. The summed E-state index contributed by atoms with van der Waals surface area (Å²) in [4.78, 5) is 14.4. The summed E-state index contributed by atoms with van der Waals surface area (Å²) in [5.41, 5.74) is 7.14. The van der Waals surface area contributed by atoms with Gasteiger partial charge in [-0.25, -0.2) is 0 Å². The van der Waals surface area contributed by atoms with Crippen molar-refractivity contribution in [3.05, 3.63) is 28.8 Å².